The lowest BCUT2D eigenvalue weighted by molar-refractivity contribution is -0.143. The third-order valence-electron chi connectivity index (χ3n) is 11.7. The zero-order valence-electron chi connectivity index (χ0n) is 24.0. The van der Waals surface area contributed by atoms with Gasteiger partial charge in [-0.05, 0) is 172 Å². The molecule has 5 heteroatoms. The van der Waals surface area contributed by atoms with Crippen molar-refractivity contribution in [3.8, 4) is 11.5 Å². The molecule has 8 saturated carbocycles. The minimum atomic E-state index is -0.0688. The first-order valence-corrected chi connectivity index (χ1v) is 17.0. The van der Waals surface area contributed by atoms with Gasteiger partial charge in [-0.2, -0.15) is 0 Å². The van der Waals surface area contributed by atoms with Crippen molar-refractivity contribution in [2.75, 3.05) is 0 Å². The summed E-state index contributed by atoms with van der Waals surface area (Å²) in [6.45, 7) is 0. The Morgan fingerprint density at radius 3 is 1.12 bits per heavy atom. The van der Waals surface area contributed by atoms with E-state index in [1.54, 1.807) is 11.8 Å². The summed E-state index contributed by atoms with van der Waals surface area (Å²) in [4.78, 5) is 28.0. The van der Waals surface area contributed by atoms with Crippen LogP contribution >= 0.6 is 11.8 Å². The van der Waals surface area contributed by atoms with Gasteiger partial charge in [0.2, 0.25) is 0 Å². The Bertz CT molecular complexity index is 1140. The van der Waals surface area contributed by atoms with Crippen molar-refractivity contribution in [1.82, 2.24) is 0 Å². The van der Waals surface area contributed by atoms with Gasteiger partial charge >= 0.3 is 11.9 Å². The van der Waals surface area contributed by atoms with Crippen LogP contribution in [0, 0.1) is 46.3 Å². The highest BCUT2D eigenvalue weighted by Gasteiger charge is 2.53. The van der Waals surface area contributed by atoms with Crippen molar-refractivity contribution in [2.45, 2.75) is 99.7 Å². The van der Waals surface area contributed by atoms with Gasteiger partial charge in [0, 0.05) is 9.79 Å². The molecule has 0 aromatic heterocycles. The van der Waals surface area contributed by atoms with Gasteiger partial charge < -0.3 is 9.47 Å². The summed E-state index contributed by atoms with van der Waals surface area (Å²) >= 11 is 1.65. The number of carbonyl (C=O) groups excluding carboxylic acids is 2. The van der Waals surface area contributed by atoms with Crippen LogP contribution in [0.1, 0.15) is 89.9 Å². The number of hydrogen-bond donors (Lipinski definition) is 0. The summed E-state index contributed by atoms with van der Waals surface area (Å²) in [7, 11) is 0. The maximum absolute atomic E-state index is 12.9. The maximum Gasteiger partial charge on any atom is 0.311 e. The molecule has 2 aromatic carbocycles. The number of esters is 2. The molecule has 0 radical (unpaired) electrons. The van der Waals surface area contributed by atoms with Crippen LogP contribution in [0.3, 0.4) is 0 Å². The molecule has 10 rings (SSSR count). The molecule has 0 heterocycles. The van der Waals surface area contributed by atoms with Gasteiger partial charge in [-0.1, -0.05) is 11.8 Å². The van der Waals surface area contributed by atoms with Crippen molar-refractivity contribution in [1.29, 1.82) is 0 Å². The molecule has 216 valence electrons. The lowest BCUT2D eigenvalue weighted by Crippen LogP contribution is -2.47. The van der Waals surface area contributed by atoms with E-state index in [1.807, 2.05) is 48.5 Å². The molecule has 0 saturated heterocycles. The van der Waals surface area contributed by atoms with Crippen molar-refractivity contribution in [3.05, 3.63) is 48.5 Å². The number of hydrogen-bond acceptors (Lipinski definition) is 5. The lowest BCUT2D eigenvalue weighted by atomic mass is 9.49. The topological polar surface area (TPSA) is 52.6 Å². The van der Waals surface area contributed by atoms with E-state index < -0.39 is 0 Å². The molecule has 0 amide bonds. The van der Waals surface area contributed by atoms with Gasteiger partial charge in [-0.15, -0.1) is 0 Å². The van der Waals surface area contributed by atoms with Gasteiger partial charge in [0.05, 0.1) is 12.8 Å². The molecule has 0 atom stereocenters. The van der Waals surface area contributed by atoms with Crippen LogP contribution in [-0.4, -0.2) is 11.9 Å². The van der Waals surface area contributed by atoms with E-state index in [-0.39, 0.29) is 22.8 Å². The first-order valence-electron chi connectivity index (χ1n) is 16.2. The summed E-state index contributed by atoms with van der Waals surface area (Å²) < 4.78 is 11.6. The van der Waals surface area contributed by atoms with E-state index in [4.69, 9.17) is 9.47 Å². The molecule has 8 aliphatic carbocycles. The van der Waals surface area contributed by atoms with Gasteiger partial charge in [-0.25, -0.2) is 0 Å². The fourth-order valence-corrected chi connectivity index (χ4v) is 12.1. The van der Waals surface area contributed by atoms with Crippen LogP contribution in [0.15, 0.2) is 58.3 Å². The summed E-state index contributed by atoms with van der Waals surface area (Å²) in [5.74, 6) is 6.19. The van der Waals surface area contributed by atoms with E-state index in [0.717, 1.165) is 45.3 Å². The zero-order valence-corrected chi connectivity index (χ0v) is 24.8. The molecule has 2 aromatic rings. The molecular weight excluding hydrogens is 528 g/mol. The monoisotopic (exact) mass is 570 g/mol. The highest BCUT2D eigenvalue weighted by Crippen LogP contribution is 2.62. The molecule has 0 spiro atoms. The first-order chi connectivity index (χ1) is 19.9. The van der Waals surface area contributed by atoms with E-state index in [2.05, 4.69) is 0 Å². The molecule has 8 bridgehead atoms. The average Bonchev–Trinajstić information content (AvgIpc) is 2.88. The molecule has 0 N–H and O–H groups in total. The van der Waals surface area contributed by atoms with E-state index in [9.17, 15) is 9.59 Å². The van der Waals surface area contributed by atoms with Crippen molar-refractivity contribution >= 4 is 23.7 Å². The molecular formula is C36H42O4S. The van der Waals surface area contributed by atoms with Crippen LogP contribution in [0.2, 0.25) is 0 Å². The molecule has 8 aliphatic rings. The fraction of sp³-hybridized carbons (Fsp3) is 0.611. The second-order valence-electron chi connectivity index (χ2n) is 15.2. The predicted octanol–water partition coefficient (Wildman–Crippen LogP) is 8.86. The molecule has 41 heavy (non-hydrogen) atoms. The van der Waals surface area contributed by atoms with Crippen LogP contribution in [0.25, 0.3) is 0 Å². The van der Waals surface area contributed by atoms with Gasteiger partial charge in [-0.3, -0.25) is 9.59 Å². The normalized spacial score (nSPS) is 37.8. The summed E-state index contributed by atoms with van der Waals surface area (Å²) in [6, 6.07) is 15.7. The number of rotatable bonds is 8. The van der Waals surface area contributed by atoms with Crippen LogP contribution < -0.4 is 9.47 Å². The highest BCUT2D eigenvalue weighted by atomic mass is 32.2. The van der Waals surface area contributed by atoms with Crippen molar-refractivity contribution in [3.63, 3.8) is 0 Å². The Morgan fingerprint density at radius 1 is 0.537 bits per heavy atom. The summed E-state index contributed by atoms with van der Waals surface area (Å²) in [6.07, 6.45) is 16.9. The number of carbonyl (C=O) groups is 2. The minimum Gasteiger partial charge on any atom is -0.427 e. The zero-order chi connectivity index (χ0) is 27.6. The van der Waals surface area contributed by atoms with E-state index >= 15 is 0 Å². The fourth-order valence-electron chi connectivity index (χ4n) is 11.2. The Balaban J connectivity index is 0.827. The third kappa shape index (κ3) is 5.48. The maximum atomic E-state index is 12.9. The molecule has 4 nitrogen and oxygen atoms in total. The van der Waals surface area contributed by atoms with Crippen molar-refractivity contribution < 1.29 is 19.1 Å². The van der Waals surface area contributed by atoms with Crippen LogP contribution in [0.4, 0.5) is 0 Å². The van der Waals surface area contributed by atoms with Crippen LogP contribution in [-0.2, 0) is 9.59 Å². The Morgan fingerprint density at radius 2 is 0.829 bits per heavy atom. The predicted molar refractivity (Wildman–Crippen MR) is 159 cm³/mol. The molecule has 0 unspecified atom stereocenters. The third-order valence-corrected chi connectivity index (χ3v) is 12.7. The molecule has 0 aliphatic heterocycles. The quantitative estimate of drug-likeness (QED) is 0.234. The van der Waals surface area contributed by atoms with Gasteiger partial charge in [0.15, 0.2) is 0 Å². The largest absolute Gasteiger partial charge is 0.427 e. The second-order valence-corrected chi connectivity index (χ2v) is 16.3. The molecule has 8 fully saturated rings. The highest BCUT2D eigenvalue weighted by molar-refractivity contribution is 7.99. The van der Waals surface area contributed by atoms with Crippen LogP contribution in [0.5, 0.6) is 11.5 Å². The Labute approximate surface area is 248 Å². The Hall–Kier alpha value is -2.27. The van der Waals surface area contributed by atoms with Gasteiger partial charge in [0.1, 0.15) is 11.5 Å². The Kier molecular flexibility index (Phi) is 6.54. The number of ether oxygens (including phenoxy) is 2. The standard InChI is InChI=1S/C36H42O4S/c37-33(21-35-15-23-9-24(16-35)11-25(10-23)17-35)39-29-1-5-31(6-2-29)41-32-7-3-30(4-8-32)40-34(38)22-36-18-26-12-27(19-36)14-28(13-26)20-36/h1-8,23-28H,9-22H2. The smallest absolute Gasteiger partial charge is 0.311 e. The average molecular weight is 571 g/mol. The van der Waals surface area contributed by atoms with Gasteiger partial charge in [0.25, 0.3) is 0 Å². The summed E-state index contributed by atoms with van der Waals surface area (Å²) in [5.41, 5.74) is 0.411. The lowest BCUT2D eigenvalue weighted by Gasteiger charge is -2.56. The minimum absolute atomic E-state index is 0.0688. The van der Waals surface area contributed by atoms with E-state index in [1.165, 1.54) is 77.0 Å². The van der Waals surface area contributed by atoms with Crippen molar-refractivity contribution in [2.24, 2.45) is 46.3 Å². The SMILES string of the molecule is O=C(CC12CC3CC(CC(C3)C1)C2)Oc1ccc(Sc2ccc(OC(=O)CC34CC5CC(CC(C5)C3)C4)cc2)cc1. The first kappa shape index (κ1) is 26.4. The second kappa shape index (κ2) is 10.2. The van der Waals surface area contributed by atoms with E-state index in [0.29, 0.717) is 24.3 Å². The summed E-state index contributed by atoms with van der Waals surface area (Å²) in [5, 5.41) is 0. The number of benzene rings is 2.